The van der Waals surface area contributed by atoms with Crippen LogP contribution < -0.4 is 10.2 Å². The number of phenolic OH excluding ortho intramolecular Hbond substituents is 1. The molecule has 0 unspecified atom stereocenters. The van der Waals surface area contributed by atoms with Gasteiger partial charge in [-0.15, -0.1) is 0 Å². The number of anilines is 1. The lowest BCUT2D eigenvalue weighted by molar-refractivity contribution is -0.122. The average Bonchev–Trinajstić information content (AvgIpc) is 2.57. The minimum atomic E-state index is -0.694. The van der Waals surface area contributed by atoms with E-state index in [1.54, 1.807) is 24.3 Å². The highest BCUT2D eigenvalue weighted by Gasteiger charge is 2.34. The molecule has 0 aromatic heterocycles. The van der Waals surface area contributed by atoms with Crippen molar-refractivity contribution in [1.29, 1.82) is 0 Å². The molecular weight excluding hydrogens is 419 g/mol. The maximum absolute atomic E-state index is 12.8. The lowest BCUT2D eigenvalue weighted by Gasteiger charge is -2.29. The first-order chi connectivity index (χ1) is 12.3. The van der Waals surface area contributed by atoms with Crippen molar-refractivity contribution in [1.82, 2.24) is 5.32 Å². The van der Waals surface area contributed by atoms with Gasteiger partial charge in [0.25, 0.3) is 11.8 Å². The standard InChI is InChI=1S/C17H9Cl3N2O3S/c18-9-1-3-11(4-2-9)22-16(25)12(15(24)21-17(22)26)6-8-5-10(19)7-13(20)14(8)23/h1-7,23H,(H,21,24,26). The molecule has 0 radical (unpaired) electrons. The fourth-order valence-electron chi connectivity index (χ4n) is 2.33. The Morgan fingerprint density at radius 2 is 1.69 bits per heavy atom. The molecule has 9 heteroatoms. The molecule has 1 fully saturated rings. The first-order valence-electron chi connectivity index (χ1n) is 7.13. The summed E-state index contributed by atoms with van der Waals surface area (Å²) >= 11 is 22.8. The molecular formula is C17H9Cl3N2O3S. The predicted octanol–water partition coefficient (Wildman–Crippen LogP) is 4.18. The van der Waals surface area contributed by atoms with Gasteiger partial charge in [0.05, 0.1) is 10.7 Å². The fourth-order valence-corrected chi connectivity index (χ4v) is 3.25. The number of benzene rings is 2. The average molecular weight is 428 g/mol. The number of nitrogens with one attached hydrogen (secondary N) is 1. The molecule has 3 rings (SSSR count). The molecule has 0 atom stereocenters. The molecule has 132 valence electrons. The highest BCUT2D eigenvalue weighted by molar-refractivity contribution is 7.80. The first kappa shape index (κ1) is 18.7. The van der Waals surface area contributed by atoms with Crippen LogP contribution in [0.5, 0.6) is 5.75 Å². The van der Waals surface area contributed by atoms with Crippen LogP contribution in [0.4, 0.5) is 5.69 Å². The van der Waals surface area contributed by atoms with Crippen molar-refractivity contribution < 1.29 is 14.7 Å². The Labute approximate surface area is 168 Å². The number of amides is 2. The smallest absolute Gasteiger partial charge is 0.270 e. The highest BCUT2D eigenvalue weighted by Crippen LogP contribution is 2.33. The Bertz CT molecular complexity index is 974. The number of thiocarbonyl (C=S) groups is 1. The predicted molar refractivity (Wildman–Crippen MR) is 106 cm³/mol. The zero-order valence-corrected chi connectivity index (χ0v) is 15.9. The van der Waals surface area contributed by atoms with Crippen molar-refractivity contribution in [2.45, 2.75) is 0 Å². The number of rotatable bonds is 2. The minimum Gasteiger partial charge on any atom is -0.506 e. The van der Waals surface area contributed by atoms with Gasteiger partial charge in [-0.1, -0.05) is 34.8 Å². The molecule has 2 N–H and O–H groups in total. The molecule has 26 heavy (non-hydrogen) atoms. The van der Waals surface area contributed by atoms with Gasteiger partial charge in [0.1, 0.15) is 11.3 Å². The summed E-state index contributed by atoms with van der Waals surface area (Å²) in [4.78, 5) is 26.2. The van der Waals surface area contributed by atoms with Crippen molar-refractivity contribution in [2.75, 3.05) is 4.90 Å². The summed E-state index contributed by atoms with van der Waals surface area (Å²) in [7, 11) is 0. The van der Waals surface area contributed by atoms with Crippen LogP contribution in [0.2, 0.25) is 15.1 Å². The van der Waals surface area contributed by atoms with Gasteiger partial charge in [-0.2, -0.15) is 0 Å². The van der Waals surface area contributed by atoms with Crippen LogP contribution in [0.3, 0.4) is 0 Å². The topological polar surface area (TPSA) is 69.6 Å². The molecule has 0 spiro atoms. The van der Waals surface area contributed by atoms with Crippen molar-refractivity contribution in [2.24, 2.45) is 0 Å². The van der Waals surface area contributed by atoms with E-state index in [1.807, 2.05) is 0 Å². The van der Waals surface area contributed by atoms with E-state index >= 15 is 0 Å². The van der Waals surface area contributed by atoms with E-state index in [2.05, 4.69) is 5.32 Å². The largest absolute Gasteiger partial charge is 0.506 e. The molecule has 1 aliphatic heterocycles. The third kappa shape index (κ3) is 3.54. The number of phenols is 1. The van der Waals surface area contributed by atoms with Crippen LogP contribution in [0, 0.1) is 0 Å². The zero-order valence-electron chi connectivity index (χ0n) is 12.8. The highest BCUT2D eigenvalue weighted by atomic mass is 35.5. The Kier molecular flexibility index (Phi) is 5.20. The second-order valence-electron chi connectivity index (χ2n) is 5.26. The number of nitrogens with zero attached hydrogens (tertiary/aromatic N) is 1. The van der Waals surface area contributed by atoms with E-state index in [1.165, 1.54) is 18.2 Å². The van der Waals surface area contributed by atoms with Crippen molar-refractivity contribution >= 4 is 75.7 Å². The monoisotopic (exact) mass is 426 g/mol. The summed E-state index contributed by atoms with van der Waals surface area (Å²) in [5.41, 5.74) is 0.329. The Morgan fingerprint density at radius 3 is 2.35 bits per heavy atom. The maximum Gasteiger partial charge on any atom is 0.270 e. The fraction of sp³-hybridized carbons (Fsp3) is 0. The number of carbonyl (C=O) groups excluding carboxylic acids is 2. The number of hydrogen-bond acceptors (Lipinski definition) is 4. The summed E-state index contributed by atoms with van der Waals surface area (Å²) in [6.45, 7) is 0. The van der Waals surface area contributed by atoms with E-state index in [0.29, 0.717) is 10.7 Å². The third-order valence-corrected chi connectivity index (χ3v) is 4.59. The number of halogens is 3. The molecule has 0 saturated carbocycles. The van der Waals surface area contributed by atoms with E-state index < -0.39 is 11.8 Å². The van der Waals surface area contributed by atoms with E-state index in [0.717, 1.165) is 4.90 Å². The number of hydrogen-bond donors (Lipinski definition) is 2. The summed E-state index contributed by atoms with van der Waals surface area (Å²) in [5.74, 6) is -1.65. The summed E-state index contributed by atoms with van der Waals surface area (Å²) in [5, 5.41) is 13.2. The molecule has 1 saturated heterocycles. The molecule has 2 amide bonds. The first-order valence-corrected chi connectivity index (χ1v) is 8.67. The van der Waals surface area contributed by atoms with Crippen LogP contribution in [-0.2, 0) is 9.59 Å². The van der Waals surface area contributed by atoms with Crippen LogP contribution in [0.25, 0.3) is 6.08 Å². The van der Waals surface area contributed by atoms with Gasteiger partial charge in [-0.05, 0) is 54.7 Å². The molecule has 5 nitrogen and oxygen atoms in total. The van der Waals surface area contributed by atoms with Crippen molar-refractivity contribution in [3.63, 3.8) is 0 Å². The molecule has 2 aromatic rings. The summed E-state index contributed by atoms with van der Waals surface area (Å²) in [6, 6.07) is 9.10. The quantitative estimate of drug-likeness (QED) is 0.428. The molecule has 2 aromatic carbocycles. The van der Waals surface area contributed by atoms with E-state index in [-0.39, 0.29) is 32.0 Å². The lowest BCUT2D eigenvalue weighted by atomic mass is 10.1. The normalized spacial score (nSPS) is 16.2. The van der Waals surface area contributed by atoms with Crippen molar-refractivity contribution in [3.05, 3.63) is 62.6 Å². The van der Waals surface area contributed by atoms with Gasteiger partial charge in [0.15, 0.2) is 5.11 Å². The molecule has 1 heterocycles. The molecule has 1 aliphatic rings. The van der Waals surface area contributed by atoms with Gasteiger partial charge in [0.2, 0.25) is 0 Å². The van der Waals surface area contributed by atoms with Gasteiger partial charge in [0, 0.05) is 15.6 Å². The van der Waals surface area contributed by atoms with Crippen LogP contribution in [-0.4, -0.2) is 22.0 Å². The summed E-state index contributed by atoms with van der Waals surface area (Å²) < 4.78 is 0. The zero-order chi connectivity index (χ0) is 19.0. The van der Waals surface area contributed by atoms with Gasteiger partial charge in [-0.3, -0.25) is 19.8 Å². The van der Waals surface area contributed by atoms with Crippen LogP contribution >= 0.6 is 47.0 Å². The second kappa shape index (κ2) is 7.25. The Morgan fingerprint density at radius 1 is 1.04 bits per heavy atom. The summed E-state index contributed by atoms with van der Waals surface area (Å²) in [6.07, 6.45) is 1.20. The lowest BCUT2D eigenvalue weighted by Crippen LogP contribution is -2.54. The van der Waals surface area contributed by atoms with Crippen LogP contribution in [0.1, 0.15) is 5.56 Å². The Balaban J connectivity index is 2.07. The second-order valence-corrected chi connectivity index (χ2v) is 6.93. The van der Waals surface area contributed by atoms with Gasteiger partial charge in [-0.25, -0.2) is 0 Å². The van der Waals surface area contributed by atoms with E-state index in [4.69, 9.17) is 47.0 Å². The minimum absolute atomic E-state index is 0.00176. The maximum atomic E-state index is 12.8. The van der Waals surface area contributed by atoms with Crippen LogP contribution in [0.15, 0.2) is 42.0 Å². The number of aromatic hydroxyl groups is 1. The number of carbonyl (C=O) groups is 2. The third-order valence-electron chi connectivity index (χ3n) is 3.54. The van der Waals surface area contributed by atoms with Gasteiger partial charge < -0.3 is 5.11 Å². The van der Waals surface area contributed by atoms with Gasteiger partial charge >= 0.3 is 0 Å². The van der Waals surface area contributed by atoms with E-state index in [9.17, 15) is 14.7 Å². The Hall–Kier alpha value is -2.12. The van der Waals surface area contributed by atoms with Crippen molar-refractivity contribution in [3.8, 4) is 5.75 Å². The molecule has 0 aliphatic carbocycles. The molecule has 0 bridgehead atoms. The SMILES string of the molecule is O=C1NC(=S)N(c2ccc(Cl)cc2)C(=O)C1=Cc1cc(Cl)cc(Cl)c1O.